The molecule has 0 N–H and O–H groups in total. The van der Waals surface area contributed by atoms with E-state index in [2.05, 4.69) is 270 Å². The fourth-order valence-corrected chi connectivity index (χ4v) is 17.0. The second-order valence-electron chi connectivity index (χ2n) is 35.4. The first-order chi connectivity index (χ1) is 54.7. The zero-order valence-corrected chi connectivity index (χ0v) is 65.1. The van der Waals surface area contributed by atoms with Crippen molar-refractivity contribution in [3.8, 4) is 55.9 Å². The van der Waals surface area contributed by atoms with Crippen molar-refractivity contribution in [2.75, 3.05) is 9.80 Å². The minimum Gasteiger partial charge on any atom is -0.311 e. The van der Waals surface area contributed by atoms with Crippen LogP contribution in [0.3, 0.4) is 0 Å². The van der Waals surface area contributed by atoms with E-state index < -0.39 is 53.9 Å². The van der Waals surface area contributed by atoms with E-state index in [0.29, 0.717) is 22.3 Å². The molecule has 2 aliphatic heterocycles. The lowest BCUT2D eigenvalue weighted by Crippen LogP contribution is -2.61. The Morgan fingerprint density at radius 2 is 0.574 bits per heavy atom. The number of fused-ring (bicyclic) bond motifs is 10. The van der Waals surface area contributed by atoms with Crippen molar-refractivity contribution in [1.29, 1.82) is 0 Å². The molecule has 4 heterocycles. The molecule has 108 heavy (non-hydrogen) atoms. The van der Waals surface area contributed by atoms with Crippen LogP contribution in [-0.4, -0.2) is 15.8 Å². The van der Waals surface area contributed by atoms with Gasteiger partial charge in [-0.1, -0.05) is 286 Å². The third-order valence-corrected chi connectivity index (χ3v) is 20.8. The summed E-state index contributed by atoms with van der Waals surface area (Å²) < 4.78 is 82.3. The Kier molecular flexibility index (Phi) is 15.0. The first-order valence-corrected chi connectivity index (χ1v) is 38.5. The van der Waals surface area contributed by atoms with Crippen molar-refractivity contribution in [2.24, 2.45) is 27.1 Å². The number of anilines is 6. The first kappa shape index (κ1) is 61.2. The molecule has 2 aromatic heterocycles. The molecule has 5 heteroatoms. The normalized spacial score (nSPS) is 14.9. The van der Waals surface area contributed by atoms with Crippen molar-refractivity contribution < 1.29 is 11.0 Å². The van der Waals surface area contributed by atoms with Gasteiger partial charge in [0.05, 0.1) is 33.4 Å². The van der Waals surface area contributed by atoms with Crippen LogP contribution in [-0.2, 0) is 31.9 Å². The van der Waals surface area contributed by atoms with Crippen molar-refractivity contribution >= 4 is 101 Å². The highest BCUT2D eigenvalue weighted by Gasteiger charge is 2.45. The Morgan fingerprint density at radius 1 is 0.259 bits per heavy atom. The van der Waals surface area contributed by atoms with E-state index in [4.69, 9.17) is 0 Å². The van der Waals surface area contributed by atoms with Crippen LogP contribution < -0.4 is 26.2 Å². The summed E-state index contributed by atoms with van der Waals surface area (Å²) in [5, 5.41) is 3.33. The van der Waals surface area contributed by atoms with E-state index in [1.165, 1.54) is 0 Å². The molecule has 0 bridgehead atoms. The van der Waals surface area contributed by atoms with Crippen molar-refractivity contribution in [1.82, 2.24) is 9.13 Å². The summed E-state index contributed by atoms with van der Waals surface area (Å²) in [4.78, 5) is 5.13. The van der Waals surface area contributed by atoms with Crippen LogP contribution in [0.4, 0.5) is 34.1 Å². The standard InChI is InChI=1S/C103H101BN4/c1-99(2,3)62-67-36-48-88-82(52-67)83-53-68(63-100(4,5)6)37-49-89(83)105(88)78-42-46-86-94(60-78)107(92-58-76(72-28-20-16-21-29-72)40-44-80(92)74-32-24-18-25-33-74)96-56-71(66-103(13,14)15)57-97-98(96)104(86)87-47-43-79(61-95(87)108(97)93-59-77(73-30-22-17-23-31-73)41-45-81(93)75-34-26-19-27-35-75)106-90-50-38-69(64-101(7,8)9)54-84(90)85-55-70(39-51-91(85)106)65-102(10,11)12/h16-61H,62-66H2,1-15H3/i62D2,63D2,64D2,65D2. The fraction of sp³-hybridized carbons (Fsp3) is 0.243. The van der Waals surface area contributed by atoms with Gasteiger partial charge in [0, 0.05) is 77.8 Å². The van der Waals surface area contributed by atoms with Crippen LogP contribution in [0.15, 0.2) is 279 Å². The summed E-state index contributed by atoms with van der Waals surface area (Å²) in [6, 6.07) is 99.8. The van der Waals surface area contributed by atoms with Crippen LogP contribution >= 0.6 is 0 Å². The number of nitrogens with zero attached hydrogens (tertiary/aromatic N) is 4. The van der Waals surface area contributed by atoms with E-state index in [1.54, 1.807) is 0 Å². The predicted molar refractivity (Wildman–Crippen MR) is 467 cm³/mol. The Labute approximate surface area is 652 Å². The lowest BCUT2D eigenvalue weighted by Gasteiger charge is -2.45. The number of aromatic nitrogens is 2. The summed E-state index contributed by atoms with van der Waals surface area (Å²) in [6.07, 6.45) is -6.18. The SMILES string of the molecule is [2H]C([2H])(c1ccc2c(c1)c1cc(C([2H])([2H])C(C)(C)C)ccc1n2-c1ccc2c(c1)N(c1cc(-c3ccccc3)ccc1-c1ccccc1)c1cc(CC(C)(C)C)cc3c1B2c1ccc(-n2c4ccc(C([2H])([2H])C(C)(C)C)cc4c4cc(C([2H])([2H])C(C)(C)C)ccc42)cc1N3c1cc(-c2ccccc2)ccc1-c1ccccc1)C(C)(C)C. The highest BCUT2D eigenvalue weighted by atomic mass is 15.2. The highest BCUT2D eigenvalue weighted by Crippen LogP contribution is 2.52. The molecular weight excluding hydrogens is 1300 g/mol. The van der Waals surface area contributed by atoms with E-state index in [-0.39, 0.29) is 5.41 Å². The monoisotopic (exact) mass is 1410 g/mol. The van der Waals surface area contributed by atoms with Crippen LogP contribution in [0.1, 0.15) is 143 Å². The average molecular weight is 1410 g/mol. The van der Waals surface area contributed by atoms with Gasteiger partial charge in [-0.2, -0.15) is 0 Å². The second kappa shape index (κ2) is 26.5. The molecule has 0 radical (unpaired) electrons. The van der Waals surface area contributed by atoms with Crippen molar-refractivity contribution in [3.63, 3.8) is 0 Å². The number of hydrogen-bond donors (Lipinski definition) is 0. The Hall–Kier alpha value is -10.9. The second-order valence-corrected chi connectivity index (χ2v) is 35.4. The molecule has 0 fully saturated rings. The Balaban J connectivity index is 1.02. The molecule has 0 saturated carbocycles. The third-order valence-electron chi connectivity index (χ3n) is 20.8. The molecule has 13 aromatic carbocycles. The maximum Gasteiger partial charge on any atom is 0.252 e. The molecule has 0 unspecified atom stereocenters. The van der Waals surface area contributed by atoms with Gasteiger partial charge < -0.3 is 18.9 Å². The lowest BCUT2D eigenvalue weighted by molar-refractivity contribution is 0.411. The van der Waals surface area contributed by atoms with Gasteiger partial charge in [-0.3, -0.25) is 0 Å². The fourth-order valence-electron chi connectivity index (χ4n) is 17.0. The molecule has 0 amide bonds. The molecule has 0 saturated heterocycles. The van der Waals surface area contributed by atoms with Crippen LogP contribution in [0.5, 0.6) is 0 Å². The van der Waals surface area contributed by atoms with Gasteiger partial charge in [0.15, 0.2) is 0 Å². The molecule has 0 aliphatic carbocycles. The summed E-state index contributed by atoms with van der Waals surface area (Å²) in [5.74, 6) is 0. The summed E-state index contributed by atoms with van der Waals surface area (Å²) in [7, 11) is 0. The number of rotatable bonds is 13. The molecule has 536 valence electrons. The zero-order chi connectivity index (χ0) is 82.1. The molecule has 4 nitrogen and oxygen atoms in total. The van der Waals surface area contributed by atoms with Gasteiger partial charge in [0.2, 0.25) is 0 Å². The highest BCUT2D eigenvalue weighted by molar-refractivity contribution is 7.00. The van der Waals surface area contributed by atoms with Gasteiger partial charge in [-0.15, -0.1) is 0 Å². The lowest BCUT2D eigenvalue weighted by atomic mass is 9.33. The first-order valence-electron chi connectivity index (χ1n) is 42.5. The Morgan fingerprint density at radius 3 is 0.880 bits per heavy atom. The minimum absolute atomic E-state index is 0.190. The van der Waals surface area contributed by atoms with Crippen LogP contribution in [0, 0.1) is 27.1 Å². The molecule has 17 rings (SSSR count). The van der Waals surface area contributed by atoms with Crippen LogP contribution in [0.25, 0.3) is 99.5 Å². The largest absolute Gasteiger partial charge is 0.311 e. The van der Waals surface area contributed by atoms with E-state index in [1.807, 2.05) is 132 Å². The summed E-state index contributed by atoms with van der Waals surface area (Å²) in [6.45, 7) is 29.9. The van der Waals surface area contributed by atoms with Gasteiger partial charge >= 0.3 is 0 Å². The van der Waals surface area contributed by atoms with Crippen molar-refractivity contribution in [3.05, 3.63) is 307 Å². The van der Waals surface area contributed by atoms with Gasteiger partial charge in [0.25, 0.3) is 6.71 Å². The average Bonchev–Trinajstić information content (AvgIpc) is 0.753. The third kappa shape index (κ3) is 13.5. The molecule has 15 aromatic rings. The zero-order valence-electron chi connectivity index (χ0n) is 73.1. The maximum atomic E-state index is 9.71. The quantitative estimate of drug-likeness (QED) is 0.107. The number of hydrogen-bond acceptors (Lipinski definition) is 2. The topological polar surface area (TPSA) is 16.3 Å². The van der Waals surface area contributed by atoms with Crippen molar-refractivity contribution in [2.45, 2.75) is 136 Å². The number of benzene rings is 13. The van der Waals surface area contributed by atoms with E-state index >= 15 is 0 Å². The Bertz CT molecular complexity index is 5860. The minimum atomic E-state index is -1.73. The molecule has 0 atom stereocenters. The predicted octanol–water partition coefficient (Wildman–Crippen LogP) is 26.6. The van der Waals surface area contributed by atoms with E-state index in [0.717, 1.165) is 162 Å². The summed E-state index contributed by atoms with van der Waals surface area (Å²) >= 11 is 0. The summed E-state index contributed by atoms with van der Waals surface area (Å²) in [5.41, 5.74) is 23.2. The molecular formula is C103H101BN4. The van der Waals surface area contributed by atoms with Gasteiger partial charge in [-0.05, 0) is 234 Å². The maximum absolute atomic E-state index is 9.71. The smallest absolute Gasteiger partial charge is 0.252 e. The van der Waals surface area contributed by atoms with Gasteiger partial charge in [0.1, 0.15) is 0 Å². The van der Waals surface area contributed by atoms with Crippen LogP contribution in [0.2, 0.25) is 0 Å². The van der Waals surface area contributed by atoms with E-state index in [9.17, 15) is 11.0 Å². The van der Waals surface area contributed by atoms with Gasteiger partial charge in [-0.25, -0.2) is 0 Å². The molecule has 0 spiro atoms. The molecule has 2 aliphatic rings.